The molecule has 3 nitrogen and oxygen atoms in total. The summed E-state index contributed by atoms with van der Waals surface area (Å²) in [5.74, 6) is 0. The lowest BCUT2D eigenvalue weighted by molar-refractivity contribution is -0.913. The van der Waals surface area contributed by atoms with Crippen LogP contribution in [0.2, 0.25) is 5.02 Å². The molecule has 1 saturated heterocycles. The van der Waals surface area contributed by atoms with E-state index in [4.69, 9.17) is 11.6 Å². The maximum atomic E-state index is 12.8. The number of hydrogen-bond acceptors (Lipinski definition) is 1. The quantitative estimate of drug-likeness (QED) is 0.878. The second-order valence-corrected chi connectivity index (χ2v) is 6.47. The van der Waals surface area contributed by atoms with Gasteiger partial charge in [-0.05, 0) is 44.7 Å². The van der Waals surface area contributed by atoms with Crippen LogP contribution >= 0.6 is 11.6 Å². The Balaban J connectivity index is 2.00. The lowest BCUT2D eigenvalue weighted by atomic mass is 10.1. The highest BCUT2D eigenvalue weighted by Crippen LogP contribution is 2.20. The highest BCUT2D eigenvalue weighted by atomic mass is 35.5. The summed E-state index contributed by atoms with van der Waals surface area (Å²) in [5.41, 5.74) is 2.77. The number of para-hydroxylation sites is 1. The van der Waals surface area contributed by atoms with Crippen molar-refractivity contribution in [1.82, 2.24) is 4.98 Å². The molecule has 1 aliphatic heterocycles. The van der Waals surface area contributed by atoms with Crippen LogP contribution in [0, 0.1) is 6.92 Å². The van der Waals surface area contributed by atoms with Gasteiger partial charge >= 0.3 is 0 Å². The number of aromatic nitrogens is 1. The van der Waals surface area contributed by atoms with E-state index in [0.29, 0.717) is 10.4 Å². The minimum absolute atomic E-state index is 0.139. The molecule has 0 amide bonds. The lowest BCUT2D eigenvalue weighted by Crippen LogP contribution is -3.10. The van der Waals surface area contributed by atoms with Gasteiger partial charge in [0.25, 0.3) is 0 Å². The van der Waals surface area contributed by atoms with E-state index in [9.17, 15) is 4.79 Å². The number of likely N-dealkylation sites (tertiary alicyclic amines) is 1. The Morgan fingerprint density at radius 2 is 1.90 bits per heavy atom. The Morgan fingerprint density at radius 3 is 2.62 bits per heavy atom. The van der Waals surface area contributed by atoms with Crippen LogP contribution in [0.5, 0.6) is 0 Å². The Hall–Kier alpha value is -1.32. The van der Waals surface area contributed by atoms with Crippen LogP contribution in [0.3, 0.4) is 0 Å². The van der Waals surface area contributed by atoms with E-state index in [2.05, 4.69) is 4.98 Å². The molecule has 2 heterocycles. The van der Waals surface area contributed by atoms with Crippen molar-refractivity contribution in [3.05, 3.63) is 44.7 Å². The number of H-pyrrole nitrogens is 1. The summed E-state index contributed by atoms with van der Waals surface area (Å²) in [6.45, 7) is 5.15. The van der Waals surface area contributed by atoms with Crippen molar-refractivity contribution < 1.29 is 4.90 Å². The van der Waals surface area contributed by atoms with Crippen molar-refractivity contribution in [3.8, 4) is 0 Å². The van der Waals surface area contributed by atoms with Crippen molar-refractivity contribution in [2.45, 2.75) is 39.2 Å². The third-order valence-corrected chi connectivity index (χ3v) is 4.85. The van der Waals surface area contributed by atoms with Crippen molar-refractivity contribution in [3.63, 3.8) is 0 Å². The lowest BCUT2D eigenvalue weighted by Gasteiger charge is -2.18. The van der Waals surface area contributed by atoms with Crippen LogP contribution in [-0.2, 0) is 6.54 Å². The largest absolute Gasteiger partial charge is 0.357 e. The van der Waals surface area contributed by atoms with Crippen LogP contribution in [0.4, 0.5) is 0 Å². The first-order valence-corrected chi connectivity index (χ1v) is 8.18. The molecule has 21 heavy (non-hydrogen) atoms. The number of aromatic amines is 1. The standard InChI is InChI=1S/C17H21ClN2O/c1-12-14(11-20-9-4-2-3-5-10-20)17(21)13-7-6-8-15(18)16(13)19-12/h6-8H,2-5,9-11H2,1H3,(H,19,21)/p+1. The molecule has 0 radical (unpaired) electrons. The SMILES string of the molecule is Cc1[nH]c2c(Cl)cccc2c(=O)c1C[NH+]1CCCCCC1. The molecule has 0 unspecified atom stereocenters. The summed E-state index contributed by atoms with van der Waals surface area (Å²) in [5, 5.41) is 1.32. The molecule has 1 fully saturated rings. The summed E-state index contributed by atoms with van der Waals surface area (Å²) in [6, 6.07) is 5.53. The minimum atomic E-state index is 0.139. The number of pyridine rings is 1. The smallest absolute Gasteiger partial charge is 0.198 e. The molecule has 112 valence electrons. The van der Waals surface area contributed by atoms with Crippen LogP contribution in [0.15, 0.2) is 23.0 Å². The topological polar surface area (TPSA) is 37.3 Å². The molecule has 4 heteroatoms. The van der Waals surface area contributed by atoms with E-state index >= 15 is 0 Å². The first-order valence-electron chi connectivity index (χ1n) is 7.80. The van der Waals surface area contributed by atoms with Gasteiger partial charge in [-0.3, -0.25) is 4.79 Å². The second kappa shape index (κ2) is 6.20. The Labute approximate surface area is 129 Å². The summed E-state index contributed by atoms with van der Waals surface area (Å²) >= 11 is 6.19. The number of fused-ring (bicyclic) bond motifs is 1. The molecule has 3 rings (SSSR count). The molecular formula is C17H22ClN2O+. The van der Waals surface area contributed by atoms with Gasteiger partial charge in [0.1, 0.15) is 6.54 Å². The zero-order valence-electron chi connectivity index (χ0n) is 12.5. The molecule has 2 N–H and O–H groups in total. The van der Waals surface area contributed by atoms with E-state index in [1.165, 1.54) is 43.7 Å². The van der Waals surface area contributed by atoms with Gasteiger partial charge in [-0.25, -0.2) is 0 Å². The molecule has 1 aromatic heterocycles. The molecule has 2 aromatic rings. The number of nitrogens with one attached hydrogen (secondary N) is 2. The Kier molecular flexibility index (Phi) is 4.32. The van der Waals surface area contributed by atoms with Gasteiger partial charge in [-0.15, -0.1) is 0 Å². The van der Waals surface area contributed by atoms with E-state index in [1.807, 2.05) is 25.1 Å². The van der Waals surface area contributed by atoms with Crippen molar-refractivity contribution in [1.29, 1.82) is 0 Å². The van der Waals surface area contributed by atoms with Gasteiger partial charge in [0.15, 0.2) is 5.43 Å². The third-order valence-electron chi connectivity index (χ3n) is 4.53. The third kappa shape index (κ3) is 2.99. The predicted molar refractivity (Wildman–Crippen MR) is 87.2 cm³/mol. The number of benzene rings is 1. The predicted octanol–water partition coefficient (Wildman–Crippen LogP) is 2.45. The fourth-order valence-electron chi connectivity index (χ4n) is 3.30. The monoisotopic (exact) mass is 305 g/mol. The molecule has 0 saturated carbocycles. The van der Waals surface area contributed by atoms with Crippen molar-refractivity contribution >= 4 is 22.5 Å². The molecule has 0 bridgehead atoms. The van der Waals surface area contributed by atoms with E-state index < -0.39 is 0 Å². The average molecular weight is 306 g/mol. The molecule has 0 spiro atoms. The highest BCUT2D eigenvalue weighted by molar-refractivity contribution is 6.35. The zero-order valence-corrected chi connectivity index (χ0v) is 13.2. The van der Waals surface area contributed by atoms with Gasteiger partial charge in [-0.2, -0.15) is 0 Å². The molecule has 1 aromatic carbocycles. The summed E-state index contributed by atoms with van der Waals surface area (Å²) in [6.07, 6.45) is 5.19. The molecular weight excluding hydrogens is 284 g/mol. The first kappa shape index (κ1) is 14.6. The average Bonchev–Trinajstić information content (AvgIpc) is 2.73. The van der Waals surface area contributed by atoms with Crippen LogP contribution in [0.1, 0.15) is 36.9 Å². The fourth-order valence-corrected chi connectivity index (χ4v) is 3.53. The van der Waals surface area contributed by atoms with Crippen molar-refractivity contribution in [2.24, 2.45) is 0 Å². The van der Waals surface area contributed by atoms with Gasteiger partial charge in [0, 0.05) is 11.1 Å². The van der Waals surface area contributed by atoms with E-state index in [-0.39, 0.29) is 5.43 Å². The Morgan fingerprint density at radius 1 is 1.19 bits per heavy atom. The summed E-state index contributed by atoms with van der Waals surface area (Å²) in [4.78, 5) is 17.6. The summed E-state index contributed by atoms with van der Waals surface area (Å²) in [7, 11) is 0. The second-order valence-electron chi connectivity index (χ2n) is 6.06. The number of aryl methyl sites for hydroxylation is 1. The van der Waals surface area contributed by atoms with Crippen LogP contribution < -0.4 is 10.3 Å². The van der Waals surface area contributed by atoms with Crippen LogP contribution in [0.25, 0.3) is 10.9 Å². The molecule has 0 aliphatic carbocycles. The van der Waals surface area contributed by atoms with Gasteiger partial charge < -0.3 is 9.88 Å². The van der Waals surface area contributed by atoms with Crippen LogP contribution in [-0.4, -0.2) is 18.1 Å². The maximum Gasteiger partial charge on any atom is 0.198 e. The van der Waals surface area contributed by atoms with E-state index in [1.54, 1.807) is 0 Å². The number of quaternary nitrogens is 1. The van der Waals surface area contributed by atoms with Gasteiger partial charge in [0.05, 0.1) is 29.2 Å². The highest BCUT2D eigenvalue weighted by Gasteiger charge is 2.18. The maximum absolute atomic E-state index is 12.8. The molecule has 0 atom stereocenters. The number of halogens is 1. The normalized spacial score (nSPS) is 17.0. The minimum Gasteiger partial charge on any atom is -0.357 e. The van der Waals surface area contributed by atoms with Gasteiger partial charge in [-0.1, -0.05) is 17.7 Å². The Bertz CT molecular complexity index is 700. The zero-order chi connectivity index (χ0) is 14.8. The molecule has 1 aliphatic rings. The van der Waals surface area contributed by atoms with Gasteiger partial charge in [0.2, 0.25) is 0 Å². The summed E-state index contributed by atoms with van der Waals surface area (Å²) < 4.78 is 0. The number of hydrogen-bond donors (Lipinski definition) is 2. The van der Waals surface area contributed by atoms with Crippen molar-refractivity contribution in [2.75, 3.05) is 13.1 Å². The number of rotatable bonds is 2. The first-order chi connectivity index (χ1) is 10.2. The fraction of sp³-hybridized carbons (Fsp3) is 0.471. The van der Waals surface area contributed by atoms with E-state index in [0.717, 1.165) is 23.3 Å².